The van der Waals surface area contributed by atoms with E-state index in [4.69, 9.17) is 19.8 Å². The van der Waals surface area contributed by atoms with Crippen LogP contribution in [-0.2, 0) is 16.1 Å². The lowest BCUT2D eigenvalue weighted by molar-refractivity contribution is -0.384. The van der Waals surface area contributed by atoms with Gasteiger partial charge in [-0.2, -0.15) is 0 Å². The minimum atomic E-state index is -1.82. The summed E-state index contributed by atoms with van der Waals surface area (Å²) in [7, 11) is 0. The summed E-state index contributed by atoms with van der Waals surface area (Å²) in [5.41, 5.74) is 1.69. The number of pyridine rings is 1. The van der Waals surface area contributed by atoms with E-state index in [-0.39, 0.29) is 11.6 Å². The predicted octanol–water partition coefficient (Wildman–Crippen LogP) is 1.10. The Morgan fingerprint density at radius 2 is 1.47 bits per heavy atom. The summed E-state index contributed by atoms with van der Waals surface area (Å²) in [5, 5.41) is 25.5. The largest absolute Gasteiger partial charge is 0.473 e. The topological polar surface area (TPSA) is 154 Å². The second-order valence-corrected chi connectivity index (χ2v) is 6.34. The number of amides is 1. The van der Waals surface area contributed by atoms with Crippen molar-refractivity contribution in [3.63, 3.8) is 0 Å². The number of nitrogens with zero attached hydrogens (tertiary/aromatic N) is 4. The van der Waals surface area contributed by atoms with Gasteiger partial charge in [0.25, 0.3) is 11.6 Å². The zero-order valence-corrected chi connectivity index (χ0v) is 15.9. The molecular weight excluding hydrogens is 396 g/mol. The van der Waals surface area contributed by atoms with Crippen molar-refractivity contribution in [2.45, 2.75) is 6.54 Å². The van der Waals surface area contributed by atoms with Crippen molar-refractivity contribution in [1.82, 2.24) is 14.8 Å². The minimum Gasteiger partial charge on any atom is -0.473 e. The molecule has 158 valence electrons. The highest BCUT2D eigenvalue weighted by molar-refractivity contribution is 6.27. The third-order valence-corrected chi connectivity index (χ3v) is 4.32. The van der Waals surface area contributed by atoms with Gasteiger partial charge in [-0.25, -0.2) is 9.59 Å². The summed E-state index contributed by atoms with van der Waals surface area (Å²) < 4.78 is 0. The number of carboxylic acids is 2. The molecule has 3 rings (SSSR count). The molecule has 0 spiro atoms. The maximum Gasteiger partial charge on any atom is 0.414 e. The fraction of sp³-hybridized carbons (Fsp3) is 0.263. The number of piperazine rings is 1. The number of carbonyl (C=O) groups is 3. The van der Waals surface area contributed by atoms with Gasteiger partial charge in [0.1, 0.15) is 0 Å². The molecule has 2 aromatic rings. The van der Waals surface area contributed by atoms with Gasteiger partial charge in [-0.15, -0.1) is 0 Å². The lowest BCUT2D eigenvalue weighted by Gasteiger charge is -2.34. The lowest BCUT2D eigenvalue weighted by atomic mass is 10.1. The molecule has 11 heteroatoms. The highest BCUT2D eigenvalue weighted by Crippen LogP contribution is 2.15. The van der Waals surface area contributed by atoms with E-state index in [0.717, 1.165) is 19.6 Å². The number of nitro groups is 1. The van der Waals surface area contributed by atoms with Crippen LogP contribution in [0.5, 0.6) is 0 Å². The van der Waals surface area contributed by atoms with Crippen molar-refractivity contribution in [1.29, 1.82) is 0 Å². The van der Waals surface area contributed by atoms with E-state index >= 15 is 0 Å². The number of rotatable bonds is 4. The molecule has 1 amide bonds. The van der Waals surface area contributed by atoms with Crippen LogP contribution in [0.4, 0.5) is 5.69 Å². The Balaban J connectivity index is 0.000000469. The number of benzene rings is 1. The van der Waals surface area contributed by atoms with Crippen molar-refractivity contribution in [2.75, 3.05) is 26.2 Å². The number of non-ortho nitro benzene ring substituents is 1. The van der Waals surface area contributed by atoms with Crippen LogP contribution in [-0.4, -0.2) is 73.9 Å². The van der Waals surface area contributed by atoms with Crippen LogP contribution in [0.1, 0.15) is 15.9 Å². The molecule has 0 bridgehead atoms. The first-order chi connectivity index (χ1) is 14.3. The Morgan fingerprint density at radius 1 is 0.933 bits per heavy atom. The van der Waals surface area contributed by atoms with Crippen molar-refractivity contribution < 1.29 is 29.5 Å². The molecule has 0 unspecified atom stereocenters. The third-order valence-electron chi connectivity index (χ3n) is 4.32. The summed E-state index contributed by atoms with van der Waals surface area (Å²) in [4.78, 5) is 49.0. The van der Waals surface area contributed by atoms with Crippen LogP contribution >= 0.6 is 0 Å². The van der Waals surface area contributed by atoms with Crippen molar-refractivity contribution in [3.8, 4) is 0 Å². The van der Waals surface area contributed by atoms with Crippen molar-refractivity contribution in [2.24, 2.45) is 0 Å². The summed E-state index contributed by atoms with van der Waals surface area (Å²) in [6, 6.07) is 9.76. The Bertz CT molecular complexity index is 883. The maximum atomic E-state index is 12.5. The van der Waals surface area contributed by atoms with Gasteiger partial charge in [-0.1, -0.05) is 0 Å². The van der Waals surface area contributed by atoms with Crippen LogP contribution in [0.25, 0.3) is 0 Å². The molecule has 11 nitrogen and oxygen atoms in total. The number of hydrogen-bond donors (Lipinski definition) is 2. The monoisotopic (exact) mass is 416 g/mol. The van der Waals surface area contributed by atoms with Crippen molar-refractivity contribution >= 4 is 23.5 Å². The normalized spacial score (nSPS) is 13.7. The fourth-order valence-corrected chi connectivity index (χ4v) is 2.76. The second-order valence-electron chi connectivity index (χ2n) is 6.34. The molecule has 1 aliphatic rings. The summed E-state index contributed by atoms with van der Waals surface area (Å²) in [5.74, 6) is -3.72. The number of carbonyl (C=O) groups excluding carboxylic acids is 1. The summed E-state index contributed by atoms with van der Waals surface area (Å²) in [6.45, 7) is 3.77. The molecule has 30 heavy (non-hydrogen) atoms. The number of nitro benzene ring substituents is 1. The van der Waals surface area contributed by atoms with Gasteiger partial charge in [0.15, 0.2) is 0 Å². The number of carboxylic acid groups (broad SMARTS) is 2. The smallest absolute Gasteiger partial charge is 0.414 e. The highest BCUT2D eigenvalue weighted by Gasteiger charge is 2.22. The molecule has 0 radical (unpaired) electrons. The van der Waals surface area contributed by atoms with E-state index in [0.29, 0.717) is 18.7 Å². The van der Waals surface area contributed by atoms with Gasteiger partial charge in [0, 0.05) is 62.8 Å². The molecule has 0 atom stereocenters. The Kier molecular flexibility index (Phi) is 7.94. The average Bonchev–Trinajstić information content (AvgIpc) is 2.75. The average molecular weight is 416 g/mol. The summed E-state index contributed by atoms with van der Waals surface area (Å²) >= 11 is 0. The molecule has 1 fully saturated rings. The van der Waals surface area contributed by atoms with Crippen LogP contribution in [0.3, 0.4) is 0 Å². The van der Waals surface area contributed by atoms with Crippen molar-refractivity contribution in [3.05, 3.63) is 70.0 Å². The van der Waals surface area contributed by atoms with Crippen LogP contribution < -0.4 is 0 Å². The molecule has 0 saturated carbocycles. The lowest BCUT2D eigenvalue weighted by Crippen LogP contribution is -2.48. The zero-order valence-electron chi connectivity index (χ0n) is 15.9. The number of aromatic nitrogens is 1. The third kappa shape index (κ3) is 6.63. The first-order valence-electron chi connectivity index (χ1n) is 8.89. The minimum absolute atomic E-state index is 0.00581. The Labute approximate surface area is 171 Å². The fourth-order valence-electron chi connectivity index (χ4n) is 2.76. The van der Waals surface area contributed by atoms with E-state index in [1.165, 1.54) is 29.8 Å². The van der Waals surface area contributed by atoms with Crippen LogP contribution in [0, 0.1) is 10.1 Å². The molecule has 0 aliphatic carbocycles. The Morgan fingerprint density at radius 3 is 1.93 bits per heavy atom. The summed E-state index contributed by atoms with van der Waals surface area (Å²) in [6.07, 6.45) is 3.56. The molecule has 1 aromatic carbocycles. The first-order valence-corrected chi connectivity index (χ1v) is 8.89. The SMILES string of the molecule is O=C(O)C(=O)O.O=C(c1ccc([N+](=O)[O-])cc1)N1CCN(Cc2ccncc2)CC1. The molecule has 1 saturated heterocycles. The molecule has 2 N–H and O–H groups in total. The maximum absolute atomic E-state index is 12.5. The van der Waals surface area contributed by atoms with Gasteiger partial charge >= 0.3 is 11.9 Å². The van der Waals surface area contributed by atoms with Gasteiger partial charge in [-0.3, -0.25) is 24.8 Å². The van der Waals surface area contributed by atoms with Gasteiger partial charge in [0.2, 0.25) is 0 Å². The van der Waals surface area contributed by atoms with Gasteiger partial charge in [-0.05, 0) is 29.8 Å². The second kappa shape index (κ2) is 10.6. The Hall–Kier alpha value is -3.86. The molecule has 1 aromatic heterocycles. The standard InChI is InChI=1S/C17H18N4O3.C2H2O4/c22-17(15-1-3-16(4-2-15)21(23)24)20-11-9-19(10-12-20)13-14-5-7-18-8-6-14;3-1(4)2(5)6/h1-8H,9-13H2;(H,3,4)(H,5,6). The quantitative estimate of drug-likeness (QED) is 0.423. The molecule has 2 heterocycles. The van der Waals surface area contributed by atoms with E-state index < -0.39 is 16.9 Å². The number of aliphatic carboxylic acids is 2. The van der Waals surface area contributed by atoms with Crippen LogP contribution in [0.15, 0.2) is 48.8 Å². The number of hydrogen-bond acceptors (Lipinski definition) is 7. The predicted molar refractivity (Wildman–Crippen MR) is 104 cm³/mol. The molecule has 1 aliphatic heterocycles. The zero-order chi connectivity index (χ0) is 22.1. The van der Waals surface area contributed by atoms with Gasteiger partial charge < -0.3 is 15.1 Å². The van der Waals surface area contributed by atoms with E-state index in [1.54, 1.807) is 17.3 Å². The molecular formula is C19H20N4O7. The highest BCUT2D eigenvalue weighted by atomic mass is 16.6. The van der Waals surface area contributed by atoms with E-state index in [9.17, 15) is 14.9 Å². The van der Waals surface area contributed by atoms with E-state index in [2.05, 4.69) is 9.88 Å². The van der Waals surface area contributed by atoms with Crippen LogP contribution in [0.2, 0.25) is 0 Å². The van der Waals surface area contributed by atoms with E-state index in [1.807, 2.05) is 12.1 Å². The van der Waals surface area contributed by atoms with Gasteiger partial charge in [0.05, 0.1) is 4.92 Å². The first kappa shape index (κ1) is 22.4.